The average molecular weight is 520 g/mol. The van der Waals surface area contributed by atoms with Crippen LogP contribution in [0.4, 0.5) is 30.6 Å². The number of rotatable bonds is 7. The Morgan fingerprint density at radius 3 is 2.43 bits per heavy atom. The van der Waals surface area contributed by atoms with Crippen LogP contribution in [0.25, 0.3) is 0 Å². The molecule has 3 N–H and O–H groups in total. The maximum Gasteiger partial charge on any atom is 0.421 e. The Balaban J connectivity index is 1.49. The van der Waals surface area contributed by atoms with Gasteiger partial charge in [0.1, 0.15) is 11.4 Å². The minimum atomic E-state index is -4.66. The second-order valence-electron chi connectivity index (χ2n) is 9.43. The highest BCUT2D eigenvalue weighted by Crippen LogP contribution is 2.36. The first-order valence-electron chi connectivity index (χ1n) is 12.5. The van der Waals surface area contributed by atoms with E-state index in [2.05, 4.69) is 30.8 Å². The number of carbonyl (C=O) groups excluding carboxylic acids is 2. The van der Waals surface area contributed by atoms with Gasteiger partial charge in [0, 0.05) is 56.2 Å². The normalized spacial score (nSPS) is 20.5. The van der Waals surface area contributed by atoms with Gasteiger partial charge in [0.15, 0.2) is 0 Å². The van der Waals surface area contributed by atoms with Gasteiger partial charge in [-0.05, 0) is 51.1 Å². The number of nitrogens with zero attached hydrogens (tertiary/aromatic N) is 4. The molecule has 2 atom stereocenters. The van der Waals surface area contributed by atoms with E-state index in [0.29, 0.717) is 43.7 Å². The molecule has 1 aliphatic carbocycles. The van der Waals surface area contributed by atoms with Crippen LogP contribution in [0.2, 0.25) is 0 Å². The lowest BCUT2D eigenvalue weighted by Gasteiger charge is -2.32. The summed E-state index contributed by atoms with van der Waals surface area (Å²) >= 11 is 0. The maximum absolute atomic E-state index is 13.7. The molecule has 0 unspecified atom stereocenters. The third kappa shape index (κ3) is 6.48. The summed E-state index contributed by atoms with van der Waals surface area (Å²) in [7, 11) is 2.02. The lowest BCUT2D eigenvalue weighted by molar-refractivity contribution is -0.137. The third-order valence-electron chi connectivity index (χ3n) is 6.80. The van der Waals surface area contributed by atoms with Crippen LogP contribution >= 0.6 is 0 Å². The summed E-state index contributed by atoms with van der Waals surface area (Å²) in [5.41, 5.74) is 0.0675. The number of amides is 2. The highest BCUT2D eigenvalue weighted by Gasteiger charge is 2.38. The molecule has 1 aliphatic heterocycles. The molecule has 12 heteroatoms. The van der Waals surface area contributed by atoms with E-state index in [1.54, 1.807) is 36.1 Å². The lowest BCUT2D eigenvalue weighted by atomic mass is 10.0. The zero-order chi connectivity index (χ0) is 26.6. The van der Waals surface area contributed by atoms with Gasteiger partial charge >= 0.3 is 6.18 Å². The monoisotopic (exact) mass is 519 g/mol. The summed E-state index contributed by atoms with van der Waals surface area (Å²) in [6.45, 7) is 5.21. The van der Waals surface area contributed by atoms with Gasteiger partial charge in [0.2, 0.25) is 11.9 Å². The predicted molar refractivity (Wildman–Crippen MR) is 134 cm³/mol. The Labute approximate surface area is 213 Å². The molecule has 1 aromatic heterocycles. The molecule has 200 valence electrons. The van der Waals surface area contributed by atoms with Crippen LogP contribution in [0, 0.1) is 5.92 Å². The quantitative estimate of drug-likeness (QED) is 0.516. The van der Waals surface area contributed by atoms with E-state index in [1.165, 1.54) is 0 Å². The lowest BCUT2D eigenvalue weighted by Crippen LogP contribution is -2.47. The summed E-state index contributed by atoms with van der Waals surface area (Å²) in [5.74, 6) is -1.06. The van der Waals surface area contributed by atoms with Gasteiger partial charge in [0.25, 0.3) is 5.91 Å². The number of anilines is 3. The third-order valence-corrected chi connectivity index (χ3v) is 6.80. The molecule has 2 aromatic rings. The number of aromatic nitrogens is 2. The van der Waals surface area contributed by atoms with Crippen LogP contribution in [0.5, 0.6) is 0 Å². The van der Waals surface area contributed by atoms with Gasteiger partial charge in [-0.2, -0.15) is 18.2 Å². The van der Waals surface area contributed by atoms with Crippen molar-refractivity contribution in [2.24, 2.45) is 5.92 Å². The van der Waals surface area contributed by atoms with Gasteiger partial charge in [-0.1, -0.05) is 6.42 Å². The topological polar surface area (TPSA) is 102 Å². The summed E-state index contributed by atoms with van der Waals surface area (Å²) in [6.07, 6.45) is -2.03. The van der Waals surface area contributed by atoms with E-state index in [-0.39, 0.29) is 23.6 Å². The zero-order valence-electron chi connectivity index (χ0n) is 20.9. The molecule has 9 nitrogen and oxygen atoms in total. The van der Waals surface area contributed by atoms with Crippen LogP contribution in [-0.4, -0.2) is 77.4 Å². The van der Waals surface area contributed by atoms with E-state index in [9.17, 15) is 22.8 Å². The SMILES string of the molecule is CCNC(=O)[C@H]1CCC[C@H]1Nc1nc(Nc2ccc(C(=O)N3CCN(C)CC3)cc2)ncc1C(F)(F)F. The van der Waals surface area contributed by atoms with Crippen molar-refractivity contribution in [1.82, 2.24) is 25.1 Å². The standard InChI is InChI=1S/C25H32F3N7O2/c1-3-29-22(36)18-5-4-6-20(18)32-21-19(25(26,27)28)15-30-24(33-21)31-17-9-7-16(8-10-17)23(37)35-13-11-34(2)12-14-35/h7-10,15,18,20H,3-6,11-14H2,1-2H3,(H,29,36)(H2,30,31,32,33)/t18-,20+/m0/s1. The van der Waals surface area contributed by atoms with Gasteiger partial charge in [0.05, 0.1) is 5.92 Å². The fourth-order valence-electron chi connectivity index (χ4n) is 4.70. The van der Waals surface area contributed by atoms with Gasteiger partial charge in [-0.15, -0.1) is 0 Å². The average Bonchev–Trinajstić information content (AvgIpc) is 3.32. The summed E-state index contributed by atoms with van der Waals surface area (Å²) < 4.78 is 41.1. The van der Waals surface area contributed by atoms with Gasteiger partial charge in [-0.3, -0.25) is 9.59 Å². The number of hydrogen-bond donors (Lipinski definition) is 3. The van der Waals surface area contributed by atoms with Gasteiger partial charge < -0.3 is 25.8 Å². The number of alkyl halides is 3. The number of benzene rings is 1. The van der Waals surface area contributed by atoms with Crippen molar-refractivity contribution in [1.29, 1.82) is 0 Å². The largest absolute Gasteiger partial charge is 0.421 e. The van der Waals surface area contributed by atoms with Crippen LogP contribution in [0.3, 0.4) is 0 Å². The van der Waals surface area contributed by atoms with Crippen molar-refractivity contribution in [2.75, 3.05) is 50.4 Å². The van der Waals surface area contributed by atoms with Crippen LogP contribution in [0.1, 0.15) is 42.1 Å². The van der Waals surface area contributed by atoms with E-state index < -0.39 is 23.7 Å². The van der Waals surface area contributed by atoms with E-state index in [0.717, 1.165) is 25.7 Å². The second-order valence-corrected chi connectivity index (χ2v) is 9.43. The van der Waals surface area contributed by atoms with E-state index in [4.69, 9.17) is 0 Å². The predicted octanol–water partition coefficient (Wildman–Crippen LogP) is 3.34. The Hall–Kier alpha value is -3.41. The molecule has 37 heavy (non-hydrogen) atoms. The van der Waals surface area contributed by atoms with Crippen molar-refractivity contribution < 1.29 is 22.8 Å². The Bertz CT molecular complexity index is 1100. The Morgan fingerprint density at radius 2 is 1.78 bits per heavy atom. The minimum absolute atomic E-state index is 0.0267. The highest BCUT2D eigenvalue weighted by atomic mass is 19.4. The molecule has 0 radical (unpaired) electrons. The first kappa shape index (κ1) is 26.6. The number of carbonyl (C=O) groups is 2. The second kappa shape index (κ2) is 11.3. The van der Waals surface area contributed by atoms with E-state index >= 15 is 0 Å². The number of halogens is 3. The molecule has 4 rings (SSSR count). The fourth-order valence-corrected chi connectivity index (χ4v) is 4.70. The molecular weight excluding hydrogens is 487 g/mol. The molecule has 1 saturated carbocycles. The van der Waals surface area contributed by atoms with Crippen molar-refractivity contribution >= 4 is 29.3 Å². The van der Waals surface area contributed by atoms with Crippen molar-refractivity contribution in [2.45, 2.75) is 38.4 Å². The highest BCUT2D eigenvalue weighted by molar-refractivity contribution is 5.94. The van der Waals surface area contributed by atoms with Crippen molar-refractivity contribution in [3.8, 4) is 0 Å². The smallest absolute Gasteiger partial charge is 0.366 e. The molecule has 2 fully saturated rings. The molecule has 0 spiro atoms. The number of piperazine rings is 1. The Kier molecular flexibility index (Phi) is 8.16. The molecule has 1 saturated heterocycles. The Morgan fingerprint density at radius 1 is 1.08 bits per heavy atom. The number of nitrogens with one attached hydrogen (secondary N) is 3. The molecule has 2 amide bonds. The molecule has 2 aliphatic rings. The first-order valence-corrected chi connectivity index (χ1v) is 12.5. The number of likely N-dealkylation sites (N-methyl/N-ethyl adjacent to an activating group) is 1. The van der Waals surface area contributed by atoms with Gasteiger partial charge in [-0.25, -0.2) is 4.98 Å². The molecular formula is C25H32F3N7O2. The summed E-state index contributed by atoms with van der Waals surface area (Å²) in [6, 6.07) is 6.21. The maximum atomic E-state index is 13.7. The summed E-state index contributed by atoms with van der Waals surface area (Å²) in [5, 5.41) is 8.53. The van der Waals surface area contributed by atoms with Crippen molar-refractivity contribution in [3.63, 3.8) is 0 Å². The minimum Gasteiger partial charge on any atom is -0.366 e. The molecule has 0 bridgehead atoms. The zero-order valence-corrected chi connectivity index (χ0v) is 20.9. The molecule has 2 heterocycles. The fraction of sp³-hybridized carbons (Fsp3) is 0.520. The molecule has 1 aromatic carbocycles. The first-order chi connectivity index (χ1) is 17.7. The van der Waals surface area contributed by atoms with Crippen molar-refractivity contribution in [3.05, 3.63) is 41.6 Å². The van der Waals surface area contributed by atoms with Crippen LogP contribution in [0.15, 0.2) is 30.5 Å². The van der Waals surface area contributed by atoms with E-state index in [1.807, 2.05) is 7.05 Å². The number of hydrogen-bond acceptors (Lipinski definition) is 7. The van der Waals surface area contributed by atoms with Crippen LogP contribution < -0.4 is 16.0 Å². The van der Waals surface area contributed by atoms with Crippen LogP contribution in [-0.2, 0) is 11.0 Å². The summed E-state index contributed by atoms with van der Waals surface area (Å²) in [4.78, 5) is 37.1.